The maximum absolute atomic E-state index is 12.4. The number of hydrogen-bond donors (Lipinski definition) is 1. The predicted molar refractivity (Wildman–Crippen MR) is 96.2 cm³/mol. The number of nitrogens with zero attached hydrogens (tertiary/aromatic N) is 2. The zero-order chi connectivity index (χ0) is 16.8. The van der Waals surface area contributed by atoms with Gasteiger partial charge in [-0.25, -0.2) is 0 Å². The number of rotatable bonds is 6. The molecule has 0 aliphatic carbocycles. The van der Waals surface area contributed by atoms with Crippen LogP contribution in [0.2, 0.25) is 0 Å². The van der Waals surface area contributed by atoms with Gasteiger partial charge in [0.05, 0.1) is 6.04 Å². The van der Waals surface area contributed by atoms with Crippen LogP contribution in [0.3, 0.4) is 0 Å². The fraction of sp³-hybridized carbons (Fsp3) is 0.947. The van der Waals surface area contributed by atoms with Crippen LogP contribution in [0, 0.1) is 11.8 Å². The van der Waals surface area contributed by atoms with Crippen molar-refractivity contribution in [1.29, 1.82) is 0 Å². The minimum absolute atomic E-state index is 0.169. The van der Waals surface area contributed by atoms with E-state index in [-0.39, 0.29) is 17.9 Å². The molecule has 2 rings (SSSR count). The van der Waals surface area contributed by atoms with Gasteiger partial charge in [-0.1, -0.05) is 26.7 Å². The Balaban J connectivity index is 1.70. The molecule has 0 saturated carbocycles. The van der Waals surface area contributed by atoms with Crippen molar-refractivity contribution in [2.75, 3.05) is 26.2 Å². The molecule has 3 atom stereocenters. The molecule has 134 valence electrons. The molecule has 0 spiro atoms. The summed E-state index contributed by atoms with van der Waals surface area (Å²) in [6.07, 6.45) is 8.70. The summed E-state index contributed by atoms with van der Waals surface area (Å²) < 4.78 is 0. The molecule has 3 unspecified atom stereocenters. The molecule has 2 aliphatic rings. The third-order valence-electron chi connectivity index (χ3n) is 6.23. The molecule has 2 aliphatic heterocycles. The Morgan fingerprint density at radius 1 is 1.17 bits per heavy atom. The summed E-state index contributed by atoms with van der Waals surface area (Å²) in [5.41, 5.74) is 6.11. The highest BCUT2D eigenvalue weighted by molar-refractivity contribution is 5.82. The van der Waals surface area contributed by atoms with Crippen LogP contribution in [-0.4, -0.2) is 54.0 Å². The van der Waals surface area contributed by atoms with E-state index in [1.54, 1.807) is 0 Å². The number of amides is 1. The quantitative estimate of drug-likeness (QED) is 0.818. The van der Waals surface area contributed by atoms with E-state index in [4.69, 9.17) is 5.73 Å². The van der Waals surface area contributed by atoms with E-state index in [0.717, 1.165) is 44.3 Å². The second kappa shape index (κ2) is 9.03. The first-order chi connectivity index (χ1) is 11.0. The third-order valence-corrected chi connectivity index (χ3v) is 6.23. The van der Waals surface area contributed by atoms with Gasteiger partial charge in [0.1, 0.15) is 0 Å². The number of nitrogens with two attached hydrogens (primary N) is 1. The van der Waals surface area contributed by atoms with Crippen molar-refractivity contribution in [2.45, 2.75) is 77.8 Å². The minimum atomic E-state index is -0.314. The number of carbonyl (C=O) groups is 1. The van der Waals surface area contributed by atoms with Crippen LogP contribution >= 0.6 is 0 Å². The summed E-state index contributed by atoms with van der Waals surface area (Å²) in [4.78, 5) is 17.1. The molecule has 23 heavy (non-hydrogen) atoms. The number of likely N-dealkylation sites (tertiary alicyclic amines) is 2. The Bertz CT molecular complexity index is 366. The zero-order valence-corrected chi connectivity index (χ0v) is 15.5. The largest absolute Gasteiger partial charge is 0.341 e. The van der Waals surface area contributed by atoms with Gasteiger partial charge in [-0.05, 0) is 64.0 Å². The topological polar surface area (TPSA) is 49.6 Å². The second-order valence-electron chi connectivity index (χ2n) is 7.85. The van der Waals surface area contributed by atoms with Crippen molar-refractivity contribution in [2.24, 2.45) is 17.6 Å². The zero-order valence-electron chi connectivity index (χ0n) is 15.5. The van der Waals surface area contributed by atoms with Crippen LogP contribution in [-0.2, 0) is 4.79 Å². The molecule has 4 heteroatoms. The Labute approximate surface area is 142 Å². The van der Waals surface area contributed by atoms with Gasteiger partial charge in [-0.15, -0.1) is 0 Å². The molecule has 2 fully saturated rings. The van der Waals surface area contributed by atoms with E-state index in [1.165, 1.54) is 38.8 Å². The first-order valence-corrected chi connectivity index (χ1v) is 9.81. The molecule has 2 N–H and O–H groups in total. The van der Waals surface area contributed by atoms with E-state index in [2.05, 4.69) is 25.7 Å². The van der Waals surface area contributed by atoms with Gasteiger partial charge < -0.3 is 15.5 Å². The lowest BCUT2D eigenvalue weighted by Crippen LogP contribution is -2.49. The van der Waals surface area contributed by atoms with Gasteiger partial charge in [0.25, 0.3) is 0 Å². The lowest BCUT2D eigenvalue weighted by atomic mass is 9.91. The summed E-state index contributed by atoms with van der Waals surface area (Å²) in [7, 11) is 0. The monoisotopic (exact) mass is 323 g/mol. The number of hydrogen-bond acceptors (Lipinski definition) is 3. The van der Waals surface area contributed by atoms with Gasteiger partial charge in [-0.3, -0.25) is 4.79 Å². The highest BCUT2D eigenvalue weighted by Gasteiger charge is 2.29. The predicted octanol–water partition coefficient (Wildman–Crippen LogP) is 2.86. The first-order valence-electron chi connectivity index (χ1n) is 9.81. The van der Waals surface area contributed by atoms with Gasteiger partial charge in [-0.2, -0.15) is 0 Å². The molecular formula is C19H37N3O. The molecule has 0 aromatic carbocycles. The van der Waals surface area contributed by atoms with Crippen LogP contribution in [0.15, 0.2) is 0 Å². The molecule has 4 nitrogen and oxygen atoms in total. The van der Waals surface area contributed by atoms with Crippen molar-refractivity contribution in [1.82, 2.24) is 9.80 Å². The summed E-state index contributed by atoms with van der Waals surface area (Å²) in [6.45, 7) is 10.9. The SMILES string of the molecule is CCC(C)C(N)C(=O)N1CCC(CCN2CCCCC2C)CC1. The molecule has 1 amide bonds. The number of carbonyl (C=O) groups excluding carboxylic acids is 1. The summed E-state index contributed by atoms with van der Waals surface area (Å²) in [5, 5.41) is 0. The maximum Gasteiger partial charge on any atom is 0.239 e. The lowest BCUT2D eigenvalue weighted by molar-refractivity contribution is -0.135. The highest BCUT2D eigenvalue weighted by atomic mass is 16.2. The standard InChI is InChI=1S/C19H37N3O/c1-4-15(2)18(20)19(23)22-13-9-17(10-14-22)8-12-21-11-6-5-7-16(21)3/h15-18H,4-14,20H2,1-3H3. The van der Waals surface area contributed by atoms with Crippen LogP contribution < -0.4 is 5.73 Å². The first kappa shape index (κ1) is 18.7. The van der Waals surface area contributed by atoms with Crippen molar-refractivity contribution in [3.63, 3.8) is 0 Å². The molecule has 0 radical (unpaired) electrons. The Hall–Kier alpha value is -0.610. The van der Waals surface area contributed by atoms with Crippen LogP contribution in [0.5, 0.6) is 0 Å². The fourth-order valence-corrected chi connectivity index (χ4v) is 3.99. The molecular weight excluding hydrogens is 286 g/mol. The molecule has 0 bridgehead atoms. The van der Waals surface area contributed by atoms with E-state index in [1.807, 2.05) is 4.90 Å². The van der Waals surface area contributed by atoms with E-state index < -0.39 is 0 Å². The summed E-state index contributed by atoms with van der Waals surface area (Å²) in [5.74, 6) is 1.23. The van der Waals surface area contributed by atoms with Crippen LogP contribution in [0.1, 0.15) is 65.7 Å². The normalized spacial score (nSPS) is 27.0. The highest BCUT2D eigenvalue weighted by Crippen LogP contribution is 2.24. The Morgan fingerprint density at radius 2 is 1.87 bits per heavy atom. The van der Waals surface area contributed by atoms with Gasteiger partial charge >= 0.3 is 0 Å². The summed E-state index contributed by atoms with van der Waals surface area (Å²) >= 11 is 0. The van der Waals surface area contributed by atoms with Gasteiger partial charge in [0.2, 0.25) is 5.91 Å². The Kier molecular flexibility index (Phi) is 7.35. The third kappa shape index (κ3) is 5.18. The fourth-order valence-electron chi connectivity index (χ4n) is 3.99. The van der Waals surface area contributed by atoms with Gasteiger partial charge in [0.15, 0.2) is 0 Å². The lowest BCUT2D eigenvalue weighted by Gasteiger charge is -2.37. The summed E-state index contributed by atoms with van der Waals surface area (Å²) in [6, 6.07) is 0.449. The molecule has 2 heterocycles. The van der Waals surface area contributed by atoms with E-state index in [9.17, 15) is 4.79 Å². The van der Waals surface area contributed by atoms with E-state index in [0.29, 0.717) is 0 Å². The smallest absolute Gasteiger partial charge is 0.239 e. The van der Waals surface area contributed by atoms with Crippen LogP contribution in [0.25, 0.3) is 0 Å². The number of piperidine rings is 2. The second-order valence-corrected chi connectivity index (χ2v) is 7.85. The van der Waals surface area contributed by atoms with Crippen molar-refractivity contribution in [3.8, 4) is 0 Å². The Morgan fingerprint density at radius 3 is 2.48 bits per heavy atom. The maximum atomic E-state index is 12.4. The average Bonchev–Trinajstić information content (AvgIpc) is 2.59. The van der Waals surface area contributed by atoms with Crippen LogP contribution in [0.4, 0.5) is 0 Å². The minimum Gasteiger partial charge on any atom is -0.341 e. The van der Waals surface area contributed by atoms with Crippen molar-refractivity contribution >= 4 is 5.91 Å². The average molecular weight is 324 g/mol. The molecule has 0 aromatic heterocycles. The molecule has 2 saturated heterocycles. The van der Waals surface area contributed by atoms with Crippen molar-refractivity contribution < 1.29 is 4.79 Å². The van der Waals surface area contributed by atoms with E-state index >= 15 is 0 Å². The molecule has 0 aromatic rings. The van der Waals surface area contributed by atoms with Gasteiger partial charge in [0, 0.05) is 19.1 Å². The van der Waals surface area contributed by atoms with Crippen molar-refractivity contribution in [3.05, 3.63) is 0 Å².